The van der Waals surface area contributed by atoms with Gasteiger partial charge in [-0.15, -0.1) is 0 Å². The van der Waals surface area contributed by atoms with E-state index in [1.54, 1.807) is 7.11 Å². The van der Waals surface area contributed by atoms with Crippen molar-refractivity contribution in [3.63, 3.8) is 0 Å². The molecule has 0 fully saturated rings. The molecule has 1 aromatic rings. The summed E-state index contributed by atoms with van der Waals surface area (Å²) in [7, 11) is 1.61. The number of aliphatic hydroxyl groups is 2. The first-order chi connectivity index (χ1) is 8.04. The highest BCUT2D eigenvalue weighted by atomic mass is 79.9. The Kier molecular flexibility index (Phi) is 5.24. The summed E-state index contributed by atoms with van der Waals surface area (Å²) >= 11 is 3.40. The lowest BCUT2D eigenvalue weighted by Gasteiger charge is -2.25. The minimum absolute atomic E-state index is 0.0617. The van der Waals surface area contributed by atoms with Gasteiger partial charge in [0.2, 0.25) is 0 Å². The summed E-state index contributed by atoms with van der Waals surface area (Å²) in [6.07, 6.45) is 0. The van der Waals surface area contributed by atoms with Gasteiger partial charge in [-0.2, -0.15) is 0 Å². The van der Waals surface area contributed by atoms with Crippen molar-refractivity contribution >= 4 is 21.6 Å². The molecule has 1 aromatic carbocycles. The zero-order chi connectivity index (χ0) is 12.9. The number of ether oxygens (including phenoxy) is 1. The summed E-state index contributed by atoms with van der Waals surface area (Å²) in [5, 5.41) is 21.5. The van der Waals surface area contributed by atoms with Gasteiger partial charge in [0, 0.05) is 17.6 Å². The van der Waals surface area contributed by atoms with Gasteiger partial charge >= 0.3 is 0 Å². The third kappa shape index (κ3) is 3.87. The highest BCUT2D eigenvalue weighted by molar-refractivity contribution is 9.10. The zero-order valence-corrected chi connectivity index (χ0v) is 11.6. The van der Waals surface area contributed by atoms with Gasteiger partial charge in [0.15, 0.2) is 0 Å². The van der Waals surface area contributed by atoms with E-state index in [9.17, 15) is 10.2 Å². The second-order valence-corrected chi connectivity index (χ2v) is 5.18. The molecule has 0 heterocycles. The number of hydrogen-bond donors (Lipinski definition) is 3. The van der Waals surface area contributed by atoms with Gasteiger partial charge in [-0.05, 0) is 34.1 Å². The Labute approximate surface area is 110 Å². The lowest BCUT2D eigenvalue weighted by molar-refractivity contribution is 0.0806. The summed E-state index contributed by atoms with van der Waals surface area (Å²) < 4.78 is 5.99. The van der Waals surface area contributed by atoms with Crippen LogP contribution in [-0.2, 0) is 0 Å². The molecule has 0 unspecified atom stereocenters. The van der Waals surface area contributed by atoms with Crippen LogP contribution in [-0.4, -0.2) is 37.1 Å². The molecule has 0 saturated carbocycles. The molecule has 0 aliphatic carbocycles. The van der Waals surface area contributed by atoms with Crippen LogP contribution in [0.5, 0.6) is 5.75 Å². The molecular formula is C12H18BrNO3. The summed E-state index contributed by atoms with van der Waals surface area (Å²) in [5.74, 6) is 0.766. The predicted octanol–water partition coefficient (Wildman–Crippen LogP) is 1.86. The first kappa shape index (κ1) is 14.3. The van der Waals surface area contributed by atoms with Crippen molar-refractivity contribution in [2.45, 2.75) is 6.92 Å². The second kappa shape index (κ2) is 6.23. The quantitative estimate of drug-likeness (QED) is 0.751. The number of hydrogen-bond acceptors (Lipinski definition) is 4. The Bertz CT molecular complexity index is 367. The average molecular weight is 304 g/mol. The SMILES string of the molecule is COc1ccc(NCC(C)(CO)CO)cc1Br. The first-order valence-electron chi connectivity index (χ1n) is 5.34. The third-order valence-electron chi connectivity index (χ3n) is 2.63. The lowest BCUT2D eigenvalue weighted by Crippen LogP contribution is -2.34. The number of nitrogens with one attached hydrogen (secondary N) is 1. The van der Waals surface area contributed by atoms with Crippen LogP contribution >= 0.6 is 15.9 Å². The largest absolute Gasteiger partial charge is 0.496 e. The monoisotopic (exact) mass is 303 g/mol. The van der Waals surface area contributed by atoms with Crippen LogP contribution < -0.4 is 10.1 Å². The van der Waals surface area contributed by atoms with E-state index in [0.29, 0.717) is 6.54 Å². The van der Waals surface area contributed by atoms with Gasteiger partial charge in [-0.3, -0.25) is 0 Å². The number of halogens is 1. The maximum absolute atomic E-state index is 9.17. The van der Waals surface area contributed by atoms with E-state index in [2.05, 4.69) is 21.2 Å². The van der Waals surface area contributed by atoms with E-state index >= 15 is 0 Å². The highest BCUT2D eigenvalue weighted by Crippen LogP contribution is 2.28. The van der Waals surface area contributed by atoms with Crippen molar-refractivity contribution in [1.29, 1.82) is 0 Å². The molecular weight excluding hydrogens is 286 g/mol. The minimum Gasteiger partial charge on any atom is -0.496 e. The van der Waals surface area contributed by atoms with Crippen LogP contribution in [0.1, 0.15) is 6.92 Å². The maximum Gasteiger partial charge on any atom is 0.133 e. The molecule has 0 aliphatic rings. The smallest absolute Gasteiger partial charge is 0.133 e. The molecule has 0 saturated heterocycles. The van der Waals surface area contributed by atoms with Crippen LogP contribution in [0.3, 0.4) is 0 Å². The first-order valence-corrected chi connectivity index (χ1v) is 6.13. The third-order valence-corrected chi connectivity index (χ3v) is 3.25. The molecule has 5 heteroatoms. The number of anilines is 1. The molecule has 0 bridgehead atoms. The normalized spacial score (nSPS) is 11.4. The van der Waals surface area contributed by atoms with Crippen LogP contribution in [0, 0.1) is 5.41 Å². The summed E-state index contributed by atoms with van der Waals surface area (Å²) in [4.78, 5) is 0. The molecule has 0 aliphatic heterocycles. The van der Waals surface area contributed by atoms with Crippen molar-refractivity contribution in [1.82, 2.24) is 0 Å². The number of rotatable bonds is 6. The number of methoxy groups -OCH3 is 1. The van der Waals surface area contributed by atoms with Crippen LogP contribution in [0.15, 0.2) is 22.7 Å². The van der Waals surface area contributed by atoms with Crippen LogP contribution in [0.2, 0.25) is 0 Å². The fourth-order valence-electron chi connectivity index (χ4n) is 1.25. The van der Waals surface area contributed by atoms with Crippen molar-refractivity contribution in [2.24, 2.45) is 5.41 Å². The Hall–Kier alpha value is -0.780. The predicted molar refractivity (Wildman–Crippen MR) is 71.5 cm³/mol. The van der Waals surface area contributed by atoms with E-state index in [1.165, 1.54) is 0 Å². The molecule has 0 aromatic heterocycles. The fourth-order valence-corrected chi connectivity index (χ4v) is 1.79. The van der Waals surface area contributed by atoms with Crippen LogP contribution in [0.25, 0.3) is 0 Å². The van der Waals surface area contributed by atoms with E-state index in [0.717, 1.165) is 15.9 Å². The molecule has 0 amide bonds. The van der Waals surface area contributed by atoms with Gasteiger partial charge in [0.05, 0.1) is 24.8 Å². The molecule has 0 atom stereocenters. The number of benzene rings is 1. The maximum atomic E-state index is 9.17. The Morgan fingerprint density at radius 3 is 2.47 bits per heavy atom. The standard InChI is InChI=1S/C12H18BrNO3/c1-12(7-15,8-16)6-14-9-3-4-11(17-2)10(13)5-9/h3-5,14-16H,6-8H2,1-2H3. The van der Waals surface area contributed by atoms with Gasteiger partial charge in [-0.25, -0.2) is 0 Å². The summed E-state index contributed by atoms with van der Waals surface area (Å²) in [6, 6.07) is 5.63. The zero-order valence-electron chi connectivity index (χ0n) is 10.0. The summed E-state index contributed by atoms with van der Waals surface area (Å²) in [5.41, 5.74) is 0.387. The van der Waals surface area contributed by atoms with Crippen molar-refractivity contribution in [3.05, 3.63) is 22.7 Å². The molecule has 3 N–H and O–H groups in total. The van der Waals surface area contributed by atoms with Crippen molar-refractivity contribution in [3.8, 4) is 5.75 Å². The van der Waals surface area contributed by atoms with Gasteiger partial charge in [-0.1, -0.05) is 6.92 Å². The van der Waals surface area contributed by atoms with E-state index < -0.39 is 5.41 Å². The van der Waals surface area contributed by atoms with Crippen molar-refractivity contribution in [2.75, 3.05) is 32.2 Å². The molecule has 96 valence electrons. The van der Waals surface area contributed by atoms with Crippen LogP contribution in [0.4, 0.5) is 5.69 Å². The lowest BCUT2D eigenvalue weighted by atomic mass is 9.93. The van der Waals surface area contributed by atoms with Gasteiger partial charge in [0.1, 0.15) is 5.75 Å². The average Bonchev–Trinajstić information content (AvgIpc) is 2.36. The van der Waals surface area contributed by atoms with E-state index in [4.69, 9.17) is 4.74 Å². The van der Waals surface area contributed by atoms with Crippen molar-refractivity contribution < 1.29 is 14.9 Å². The Morgan fingerprint density at radius 2 is 2.00 bits per heavy atom. The Balaban J connectivity index is 2.67. The van der Waals surface area contributed by atoms with E-state index in [-0.39, 0.29) is 13.2 Å². The second-order valence-electron chi connectivity index (χ2n) is 4.33. The van der Waals surface area contributed by atoms with Gasteiger partial charge < -0.3 is 20.3 Å². The highest BCUT2D eigenvalue weighted by Gasteiger charge is 2.21. The molecule has 17 heavy (non-hydrogen) atoms. The topological polar surface area (TPSA) is 61.7 Å². The molecule has 1 rings (SSSR count). The minimum atomic E-state index is -0.521. The van der Waals surface area contributed by atoms with Gasteiger partial charge in [0.25, 0.3) is 0 Å². The molecule has 0 radical (unpaired) electrons. The molecule has 4 nitrogen and oxygen atoms in total. The molecule has 0 spiro atoms. The fraction of sp³-hybridized carbons (Fsp3) is 0.500. The summed E-state index contributed by atoms with van der Waals surface area (Å²) in [6.45, 7) is 2.19. The van der Waals surface area contributed by atoms with E-state index in [1.807, 2.05) is 25.1 Å². The Morgan fingerprint density at radius 1 is 1.35 bits per heavy atom. The number of aliphatic hydroxyl groups excluding tert-OH is 2.